The summed E-state index contributed by atoms with van der Waals surface area (Å²) >= 11 is 0. The highest BCUT2D eigenvalue weighted by Crippen LogP contribution is 2.17. The molecule has 1 aliphatic heterocycles. The van der Waals surface area contributed by atoms with Gasteiger partial charge in [-0.1, -0.05) is 42.5 Å². The fraction of sp³-hybridized carbons (Fsp3) is 0.316. The van der Waals surface area contributed by atoms with Gasteiger partial charge in [0, 0.05) is 19.1 Å². The number of benzene rings is 2. The number of hydrogen-bond donors (Lipinski definition) is 2. The number of amides is 1. The molecule has 0 spiro atoms. The molecule has 0 radical (unpaired) electrons. The van der Waals surface area contributed by atoms with Crippen LogP contribution >= 0.6 is 0 Å². The molecule has 1 fully saturated rings. The lowest BCUT2D eigenvalue weighted by molar-refractivity contribution is -0.131. The van der Waals surface area contributed by atoms with Crippen LogP contribution in [0, 0.1) is 5.82 Å². The van der Waals surface area contributed by atoms with Gasteiger partial charge in [0.2, 0.25) is 15.9 Å². The third-order valence-corrected chi connectivity index (χ3v) is 6.05. The summed E-state index contributed by atoms with van der Waals surface area (Å²) in [6, 6.07) is 13.0. The summed E-state index contributed by atoms with van der Waals surface area (Å²) in [5.41, 5.74) is 6.67. The first-order valence-electron chi connectivity index (χ1n) is 8.72. The van der Waals surface area contributed by atoms with Crippen molar-refractivity contribution in [3.8, 4) is 0 Å². The normalized spacial score (nSPS) is 18.4. The van der Waals surface area contributed by atoms with Crippen LogP contribution in [-0.4, -0.2) is 44.4 Å². The van der Waals surface area contributed by atoms with E-state index in [0.29, 0.717) is 19.5 Å². The number of nitrogens with one attached hydrogen (secondary N) is 1. The summed E-state index contributed by atoms with van der Waals surface area (Å²) in [6.07, 6.45) is 0.836. The third kappa shape index (κ3) is 4.71. The molecule has 2 aromatic rings. The lowest BCUT2D eigenvalue weighted by Gasteiger charge is -2.24. The predicted octanol–water partition coefficient (Wildman–Crippen LogP) is 1.27. The molecule has 3 rings (SSSR count). The Morgan fingerprint density at radius 2 is 1.85 bits per heavy atom. The van der Waals surface area contributed by atoms with E-state index in [1.165, 1.54) is 18.2 Å². The topological polar surface area (TPSA) is 92.5 Å². The third-order valence-electron chi connectivity index (χ3n) is 4.54. The predicted molar refractivity (Wildman–Crippen MR) is 99.8 cm³/mol. The first-order valence-corrected chi connectivity index (χ1v) is 10.2. The largest absolute Gasteiger partial charge is 0.340 e. The van der Waals surface area contributed by atoms with Gasteiger partial charge in [0.05, 0.1) is 0 Å². The molecule has 1 aliphatic rings. The zero-order valence-electron chi connectivity index (χ0n) is 14.7. The molecule has 0 aliphatic carbocycles. The van der Waals surface area contributed by atoms with Crippen LogP contribution in [0.2, 0.25) is 0 Å². The van der Waals surface area contributed by atoms with Gasteiger partial charge >= 0.3 is 0 Å². The molecule has 0 bridgehead atoms. The molecule has 1 unspecified atom stereocenters. The van der Waals surface area contributed by atoms with Crippen molar-refractivity contribution in [2.75, 3.05) is 13.1 Å². The Hall–Kier alpha value is -2.29. The molecule has 1 saturated heterocycles. The second kappa shape index (κ2) is 8.16. The SMILES string of the molecule is N[C@@H]1CCN(C(=O)C(Cc2ccccc2)NS(=O)(=O)c2ccccc2F)C1. The Balaban J connectivity index is 1.87. The van der Waals surface area contributed by atoms with Crippen molar-refractivity contribution in [1.82, 2.24) is 9.62 Å². The van der Waals surface area contributed by atoms with Crippen LogP contribution in [0.15, 0.2) is 59.5 Å². The number of carbonyl (C=O) groups is 1. The van der Waals surface area contributed by atoms with E-state index in [2.05, 4.69) is 4.72 Å². The highest BCUT2D eigenvalue weighted by atomic mass is 32.2. The lowest BCUT2D eigenvalue weighted by Crippen LogP contribution is -2.49. The van der Waals surface area contributed by atoms with Crippen molar-refractivity contribution in [2.24, 2.45) is 5.73 Å². The maximum absolute atomic E-state index is 14.0. The van der Waals surface area contributed by atoms with E-state index in [4.69, 9.17) is 5.73 Å². The van der Waals surface area contributed by atoms with E-state index in [1.807, 2.05) is 30.3 Å². The Morgan fingerprint density at radius 3 is 2.48 bits per heavy atom. The maximum Gasteiger partial charge on any atom is 0.244 e. The fourth-order valence-corrected chi connectivity index (χ4v) is 4.42. The number of nitrogens with two attached hydrogens (primary N) is 1. The molecule has 0 aromatic heterocycles. The van der Waals surface area contributed by atoms with Gasteiger partial charge in [-0.05, 0) is 30.5 Å². The second-order valence-corrected chi connectivity index (χ2v) is 8.31. The maximum atomic E-state index is 14.0. The van der Waals surface area contributed by atoms with Crippen molar-refractivity contribution in [1.29, 1.82) is 0 Å². The van der Waals surface area contributed by atoms with Crippen LogP contribution in [0.3, 0.4) is 0 Å². The summed E-state index contributed by atoms with van der Waals surface area (Å²) in [5, 5.41) is 0. The monoisotopic (exact) mass is 391 g/mol. The molecule has 27 heavy (non-hydrogen) atoms. The molecule has 1 heterocycles. The number of rotatable bonds is 6. The summed E-state index contributed by atoms with van der Waals surface area (Å²) in [7, 11) is -4.20. The summed E-state index contributed by atoms with van der Waals surface area (Å²) in [4.78, 5) is 14.0. The van der Waals surface area contributed by atoms with Crippen LogP contribution < -0.4 is 10.5 Å². The Morgan fingerprint density at radius 1 is 1.19 bits per heavy atom. The molecule has 0 saturated carbocycles. The second-order valence-electron chi connectivity index (χ2n) is 6.63. The minimum absolute atomic E-state index is 0.116. The van der Waals surface area contributed by atoms with Crippen molar-refractivity contribution in [3.63, 3.8) is 0 Å². The van der Waals surface area contributed by atoms with Gasteiger partial charge in [-0.25, -0.2) is 12.8 Å². The molecule has 3 N–H and O–H groups in total. The standard InChI is InChI=1S/C19H22FN3O3S/c20-16-8-4-5-9-18(16)27(25,26)22-17(12-14-6-2-1-3-7-14)19(24)23-11-10-15(21)13-23/h1-9,15,17,22H,10-13,21H2/t15-,17?/m1/s1. The molecule has 2 aromatic carbocycles. The zero-order valence-corrected chi connectivity index (χ0v) is 15.5. The van der Waals surface area contributed by atoms with Gasteiger partial charge in [0.15, 0.2) is 0 Å². The minimum atomic E-state index is -4.20. The van der Waals surface area contributed by atoms with Crippen LogP contribution in [0.1, 0.15) is 12.0 Å². The Kier molecular flexibility index (Phi) is 5.88. The summed E-state index contributed by atoms with van der Waals surface area (Å²) < 4.78 is 41.8. The van der Waals surface area contributed by atoms with E-state index >= 15 is 0 Å². The number of likely N-dealkylation sites (tertiary alicyclic amines) is 1. The Labute approximate surface area is 158 Å². The van der Waals surface area contributed by atoms with Crippen molar-refractivity contribution in [3.05, 3.63) is 66.0 Å². The minimum Gasteiger partial charge on any atom is -0.340 e. The van der Waals surface area contributed by atoms with Crippen LogP contribution in [0.4, 0.5) is 4.39 Å². The molecule has 6 nitrogen and oxygen atoms in total. The van der Waals surface area contributed by atoms with E-state index < -0.39 is 26.8 Å². The van der Waals surface area contributed by atoms with Gasteiger partial charge in [0.1, 0.15) is 16.8 Å². The first-order chi connectivity index (χ1) is 12.9. The summed E-state index contributed by atoms with van der Waals surface area (Å²) in [5.74, 6) is -1.22. The first kappa shape index (κ1) is 19.5. The molecule has 1 amide bonds. The van der Waals surface area contributed by atoms with Gasteiger partial charge < -0.3 is 10.6 Å². The van der Waals surface area contributed by atoms with Crippen LogP contribution in [0.25, 0.3) is 0 Å². The number of hydrogen-bond acceptors (Lipinski definition) is 4. The molecule has 8 heteroatoms. The van der Waals surface area contributed by atoms with Crippen molar-refractivity contribution >= 4 is 15.9 Å². The van der Waals surface area contributed by atoms with E-state index in [9.17, 15) is 17.6 Å². The smallest absolute Gasteiger partial charge is 0.244 e. The highest BCUT2D eigenvalue weighted by molar-refractivity contribution is 7.89. The van der Waals surface area contributed by atoms with E-state index in [-0.39, 0.29) is 18.4 Å². The van der Waals surface area contributed by atoms with Crippen molar-refractivity contribution in [2.45, 2.75) is 29.8 Å². The van der Waals surface area contributed by atoms with E-state index in [0.717, 1.165) is 11.6 Å². The van der Waals surface area contributed by atoms with E-state index in [1.54, 1.807) is 4.90 Å². The van der Waals surface area contributed by atoms with Gasteiger partial charge in [-0.2, -0.15) is 4.72 Å². The number of sulfonamides is 1. The lowest BCUT2D eigenvalue weighted by atomic mass is 10.1. The van der Waals surface area contributed by atoms with Gasteiger partial charge in [-0.3, -0.25) is 4.79 Å². The Bertz CT molecular complexity index is 905. The highest BCUT2D eigenvalue weighted by Gasteiger charge is 2.33. The van der Waals surface area contributed by atoms with Crippen LogP contribution in [-0.2, 0) is 21.2 Å². The van der Waals surface area contributed by atoms with Gasteiger partial charge in [0.25, 0.3) is 0 Å². The zero-order chi connectivity index (χ0) is 19.4. The molecule has 2 atom stereocenters. The quantitative estimate of drug-likeness (QED) is 0.776. The molecular weight excluding hydrogens is 369 g/mol. The number of halogens is 1. The van der Waals surface area contributed by atoms with Crippen LogP contribution in [0.5, 0.6) is 0 Å². The average Bonchev–Trinajstić information content (AvgIpc) is 3.08. The molecule has 144 valence electrons. The molecular formula is C19H22FN3O3S. The average molecular weight is 391 g/mol. The summed E-state index contributed by atoms with van der Waals surface area (Å²) in [6.45, 7) is 0.859. The number of carbonyl (C=O) groups excluding carboxylic acids is 1. The van der Waals surface area contributed by atoms with Crippen molar-refractivity contribution < 1.29 is 17.6 Å². The van der Waals surface area contributed by atoms with Gasteiger partial charge in [-0.15, -0.1) is 0 Å². The fourth-order valence-electron chi connectivity index (χ4n) is 3.15. The number of nitrogens with zero attached hydrogens (tertiary/aromatic N) is 1.